The molecule has 3 nitrogen and oxygen atoms in total. The van der Waals surface area contributed by atoms with Crippen LogP contribution in [0, 0.1) is 19.8 Å². The Bertz CT molecular complexity index is 349. The largest absolute Gasteiger partial charge is 0.313 e. The Hall–Kier alpha value is -0.960. The van der Waals surface area contributed by atoms with Crippen molar-refractivity contribution in [3.63, 3.8) is 0 Å². The minimum Gasteiger partial charge on any atom is -0.313 e. The van der Waals surface area contributed by atoms with E-state index in [9.17, 15) is 0 Å². The van der Waals surface area contributed by atoms with Crippen LogP contribution in [0.25, 0.3) is 0 Å². The molecule has 1 N–H and O–H groups in total. The lowest BCUT2D eigenvalue weighted by molar-refractivity contribution is 0.571. The summed E-state index contributed by atoms with van der Waals surface area (Å²) in [5.41, 5.74) is 3.52. The quantitative estimate of drug-likeness (QED) is 0.754. The lowest BCUT2D eigenvalue weighted by Crippen LogP contribution is -2.17. The highest BCUT2D eigenvalue weighted by Crippen LogP contribution is 2.12. The average Bonchev–Trinajstić information content (AvgIpc) is 2.30. The molecule has 0 aliphatic rings. The second kappa shape index (κ2) is 7.47. The number of aryl methyl sites for hydroxylation is 3. The van der Waals surface area contributed by atoms with Crippen LogP contribution in [0.1, 0.15) is 56.4 Å². The molecule has 0 aromatic carbocycles. The van der Waals surface area contributed by atoms with E-state index in [2.05, 4.69) is 49.9 Å². The van der Waals surface area contributed by atoms with Gasteiger partial charge in [0.15, 0.2) is 0 Å². The summed E-state index contributed by atoms with van der Waals surface area (Å²) in [6.45, 7) is 12.8. The second-order valence-electron chi connectivity index (χ2n) is 5.40. The summed E-state index contributed by atoms with van der Waals surface area (Å²) in [6, 6.07) is 0. The maximum absolute atomic E-state index is 4.63. The van der Waals surface area contributed by atoms with Crippen LogP contribution < -0.4 is 5.32 Å². The predicted molar refractivity (Wildman–Crippen MR) is 76.7 cm³/mol. The Labute approximate surface area is 111 Å². The third kappa shape index (κ3) is 4.73. The first kappa shape index (κ1) is 15.1. The minimum absolute atomic E-state index is 0.708. The summed E-state index contributed by atoms with van der Waals surface area (Å²) in [6.07, 6.45) is 3.31. The molecule has 3 heteroatoms. The molecule has 0 saturated heterocycles. The molecule has 0 radical (unpaired) electrons. The molecular formula is C15H27N3. The van der Waals surface area contributed by atoms with Crippen molar-refractivity contribution in [1.29, 1.82) is 0 Å². The zero-order valence-corrected chi connectivity index (χ0v) is 12.5. The highest BCUT2D eigenvalue weighted by atomic mass is 14.9. The molecular weight excluding hydrogens is 222 g/mol. The topological polar surface area (TPSA) is 37.8 Å². The summed E-state index contributed by atoms with van der Waals surface area (Å²) < 4.78 is 0. The maximum atomic E-state index is 4.63. The molecule has 1 aromatic heterocycles. The van der Waals surface area contributed by atoms with Crippen LogP contribution in [0.3, 0.4) is 0 Å². The van der Waals surface area contributed by atoms with Gasteiger partial charge >= 0.3 is 0 Å². The minimum atomic E-state index is 0.708. The lowest BCUT2D eigenvalue weighted by atomic mass is 10.1. The van der Waals surface area contributed by atoms with Crippen molar-refractivity contribution >= 4 is 0 Å². The molecule has 0 unspecified atom stereocenters. The third-order valence-corrected chi connectivity index (χ3v) is 3.14. The van der Waals surface area contributed by atoms with Crippen molar-refractivity contribution in [3.8, 4) is 0 Å². The van der Waals surface area contributed by atoms with E-state index in [0.29, 0.717) is 5.92 Å². The van der Waals surface area contributed by atoms with Gasteiger partial charge in [0, 0.05) is 29.9 Å². The second-order valence-corrected chi connectivity index (χ2v) is 5.40. The number of aromatic nitrogens is 2. The fourth-order valence-corrected chi connectivity index (χ4v) is 1.98. The number of rotatable bonds is 7. The molecule has 1 aromatic rings. The molecule has 0 saturated carbocycles. The van der Waals surface area contributed by atoms with Gasteiger partial charge in [0.25, 0.3) is 0 Å². The highest BCUT2D eigenvalue weighted by Gasteiger charge is 2.08. The number of hydrogen-bond acceptors (Lipinski definition) is 3. The van der Waals surface area contributed by atoms with Crippen LogP contribution in [-0.4, -0.2) is 16.5 Å². The Kier molecular flexibility index (Phi) is 6.27. The molecule has 0 aliphatic carbocycles. The smallest absolute Gasteiger partial charge is 0.128 e. The van der Waals surface area contributed by atoms with Crippen molar-refractivity contribution in [1.82, 2.24) is 15.3 Å². The standard InChI is InChI=1S/C15H27N3/c1-6-9-16-10-14-12(4)17-15(18-13(14)5)8-7-11(2)3/h11,16H,6-10H2,1-5H3. The first-order valence-electron chi connectivity index (χ1n) is 7.08. The lowest BCUT2D eigenvalue weighted by Gasteiger charge is -2.12. The summed E-state index contributed by atoms with van der Waals surface area (Å²) in [4.78, 5) is 9.27. The normalized spacial score (nSPS) is 11.2. The van der Waals surface area contributed by atoms with Crippen LogP contribution >= 0.6 is 0 Å². The van der Waals surface area contributed by atoms with E-state index < -0.39 is 0 Å². The van der Waals surface area contributed by atoms with Gasteiger partial charge in [-0.2, -0.15) is 0 Å². The van der Waals surface area contributed by atoms with E-state index in [4.69, 9.17) is 0 Å². The van der Waals surface area contributed by atoms with E-state index in [1.807, 2.05) is 0 Å². The number of nitrogens with one attached hydrogen (secondary N) is 1. The molecule has 0 bridgehead atoms. The van der Waals surface area contributed by atoms with Crippen LogP contribution in [0.4, 0.5) is 0 Å². The average molecular weight is 249 g/mol. The van der Waals surface area contributed by atoms with Gasteiger partial charge in [-0.25, -0.2) is 9.97 Å². The van der Waals surface area contributed by atoms with Crippen molar-refractivity contribution in [2.24, 2.45) is 5.92 Å². The molecule has 1 rings (SSSR count). The van der Waals surface area contributed by atoms with Crippen molar-refractivity contribution in [2.45, 2.75) is 60.4 Å². The highest BCUT2D eigenvalue weighted by molar-refractivity contribution is 5.24. The molecule has 0 spiro atoms. The van der Waals surface area contributed by atoms with Crippen molar-refractivity contribution in [3.05, 3.63) is 22.8 Å². The Balaban J connectivity index is 2.71. The summed E-state index contributed by atoms with van der Waals surface area (Å²) >= 11 is 0. The molecule has 1 heterocycles. The van der Waals surface area contributed by atoms with Gasteiger partial charge in [-0.05, 0) is 39.2 Å². The SMILES string of the molecule is CCCNCc1c(C)nc(CCC(C)C)nc1C. The fraction of sp³-hybridized carbons (Fsp3) is 0.733. The van der Waals surface area contributed by atoms with Gasteiger partial charge in [-0.1, -0.05) is 20.8 Å². The van der Waals surface area contributed by atoms with Gasteiger partial charge in [0.05, 0.1) is 0 Å². The summed E-state index contributed by atoms with van der Waals surface area (Å²) in [7, 11) is 0. The Morgan fingerprint density at radius 1 is 1.11 bits per heavy atom. The molecule has 18 heavy (non-hydrogen) atoms. The van der Waals surface area contributed by atoms with E-state index in [0.717, 1.165) is 49.6 Å². The van der Waals surface area contributed by atoms with Crippen LogP contribution in [0.15, 0.2) is 0 Å². The molecule has 102 valence electrons. The van der Waals surface area contributed by atoms with Crippen LogP contribution in [-0.2, 0) is 13.0 Å². The summed E-state index contributed by atoms with van der Waals surface area (Å²) in [5.74, 6) is 1.71. The first-order chi connectivity index (χ1) is 8.54. The third-order valence-electron chi connectivity index (χ3n) is 3.14. The zero-order chi connectivity index (χ0) is 13.5. The molecule has 0 aliphatic heterocycles. The van der Waals surface area contributed by atoms with Gasteiger partial charge in [0.2, 0.25) is 0 Å². The number of nitrogens with zero attached hydrogens (tertiary/aromatic N) is 2. The number of hydrogen-bond donors (Lipinski definition) is 1. The molecule has 0 amide bonds. The Morgan fingerprint density at radius 2 is 1.72 bits per heavy atom. The van der Waals surface area contributed by atoms with Gasteiger partial charge < -0.3 is 5.32 Å². The van der Waals surface area contributed by atoms with Crippen LogP contribution in [0.2, 0.25) is 0 Å². The fourth-order valence-electron chi connectivity index (χ4n) is 1.98. The first-order valence-corrected chi connectivity index (χ1v) is 7.08. The predicted octanol–water partition coefficient (Wildman–Crippen LogP) is 3.18. The Morgan fingerprint density at radius 3 is 2.22 bits per heavy atom. The van der Waals surface area contributed by atoms with Crippen molar-refractivity contribution < 1.29 is 0 Å². The van der Waals surface area contributed by atoms with E-state index in [-0.39, 0.29) is 0 Å². The molecule has 0 fully saturated rings. The van der Waals surface area contributed by atoms with E-state index >= 15 is 0 Å². The zero-order valence-electron chi connectivity index (χ0n) is 12.5. The van der Waals surface area contributed by atoms with E-state index in [1.54, 1.807) is 0 Å². The molecule has 0 atom stereocenters. The monoisotopic (exact) mass is 249 g/mol. The van der Waals surface area contributed by atoms with Crippen LogP contribution in [0.5, 0.6) is 0 Å². The van der Waals surface area contributed by atoms with Gasteiger partial charge in [-0.3, -0.25) is 0 Å². The van der Waals surface area contributed by atoms with E-state index in [1.165, 1.54) is 5.56 Å². The maximum Gasteiger partial charge on any atom is 0.128 e. The summed E-state index contributed by atoms with van der Waals surface area (Å²) in [5, 5.41) is 3.42. The van der Waals surface area contributed by atoms with Gasteiger partial charge in [-0.15, -0.1) is 0 Å². The van der Waals surface area contributed by atoms with Gasteiger partial charge in [0.1, 0.15) is 5.82 Å². The van der Waals surface area contributed by atoms with Crippen molar-refractivity contribution in [2.75, 3.05) is 6.54 Å².